The minimum absolute atomic E-state index is 0.737. The summed E-state index contributed by atoms with van der Waals surface area (Å²) in [6.07, 6.45) is 8.42. The molecule has 0 saturated heterocycles. The van der Waals surface area contributed by atoms with Gasteiger partial charge in [0.05, 0.1) is 5.69 Å². The molecule has 0 saturated carbocycles. The van der Waals surface area contributed by atoms with Crippen LogP contribution < -0.4 is 5.73 Å². The highest BCUT2D eigenvalue weighted by atomic mass is 15.3. The smallest absolute Gasteiger partial charge is 0.149 e. The van der Waals surface area contributed by atoms with Gasteiger partial charge in [0.2, 0.25) is 0 Å². The van der Waals surface area contributed by atoms with Gasteiger partial charge in [-0.25, -0.2) is 4.68 Å². The number of aryl methyl sites for hydroxylation is 1. The van der Waals surface area contributed by atoms with Gasteiger partial charge in [-0.2, -0.15) is 5.10 Å². The summed E-state index contributed by atoms with van der Waals surface area (Å²) in [6.45, 7) is 0. The maximum absolute atomic E-state index is 6.07. The molecule has 1 aromatic heterocycles. The molecule has 2 aliphatic rings. The van der Waals surface area contributed by atoms with E-state index in [1.807, 2.05) is 0 Å². The lowest BCUT2D eigenvalue weighted by Crippen LogP contribution is -2.10. The largest absolute Gasteiger partial charge is 0.382 e. The Morgan fingerprint density at radius 2 is 1.79 bits per heavy atom. The third kappa shape index (κ3) is 1.61. The third-order valence-corrected chi connectivity index (χ3v) is 4.56. The van der Waals surface area contributed by atoms with Crippen molar-refractivity contribution in [1.29, 1.82) is 0 Å². The first-order valence-corrected chi connectivity index (χ1v) is 7.32. The van der Waals surface area contributed by atoms with Gasteiger partial charge >= 0.3 is 0 Å². The van der Waals surface area contributed by atoms with Crippen LogP contribution in [0.2, 0.25) is 0 Å². The van der Waals surface area contributed by atoms with E-state index in [4.69, 9.17) is 5.73 Å². The topological polar surface area (TPSA) is 43.8 Å². The molecule has 0 amide bonds. The quantitative estimate of drug-likeness (QED) is 0.849. The zero-order chi connectivity index (χ0) is 12.8. The first kappa shape index (κ1) is 11.1. The summed E-state index contributed by atoms with van der Waals surface area (Å²) in [5.41, 5.74) is 13.0. The number of benzene rings is 1. The number of nitrogens with two attached hydrogens (primary N) is 1. The minimum Gasteiger partial charge on any atom is -0.382 e. The van der Waals surface area contributed by atoms with Crippen LogP contribution in [0.5, 0.6) is 0 Å². The van der Waals surface area contributed by atoms with Crippen molar-refractivity contribution < 1.29 is 0 Å². The monoisotopic (exact) mass is 253 g/mol. The van der Waals surface area contributed by atoms with E-state index in [0.717, 1.165) is 18.7 Å². The van der Waals surface area contributed by atoms with E-state index in [1.165, 1.54) is 60.2 Å². The van der Waals surface area contributed by atoms with Gasteiger partial charge in [0.25, 0.3) is 0 Å². The molecule has 0 bridgehead atoms. The van der Waals surface area contributed by atoms with Crippen molar-refractivity contribution in [3.8, 4) is 5.69 Å². The van der Waals surface area contributed by atoms with Gasteiger partial charge in [0, 0.05) is 11.3 Å². The van der Waals surface area contributed by atoms with Crippen LogP contribution in [0.4, 0.5) is 5.82 Å². The van der Waals surface area contributed by atoms with E-state index in [2.05, 4.69) is 28.0 Å². The summed E-state index contributed by atoms with van der Waals surface area (Å²) < 4.78 is 2.13. The molecule has 2 aromatic rings. The Kier molecular flexibility index (Phi) is 2.40. The molecule has 3 nitrogen and oxygen atoms in total. The molecule has 0 unspecified atom stereocenters. The molecular formula is C16H19N3. The lowest BCUT2D eigenvalue weighted by molar-refractivity contribution is 0.673. The number of fused-ring (bicyclic) bond motifs is 2. The highest BCUT2D eigenvalue weighted by molar-refractivity contribution is 5.53. The number of hydrogen-bond donors (Lipinski definition) is 1. The molecule has 19 heavy (non-hydrogen) atoms. The van der Waals surface area contributed by atoms with E-state index >= 15 is 0 Å². The van der Waals surface area contributed by atoms with Crippen molar-refractivity contribution in [3.63, 3.8) is 0 Å². The van der Waals surface area contributed by atoms with Crippen LogP contribution in [0.1, 0.15) is 41.6 Å². The number of nitrogens with zero attached hydrogens (tertiary/aromatic N) is 2. The Morgan fingerprint density at radius 1 is 0.947 bits per heavy atom. The minimum atomic E-state index is 0.737. The standard InChI is InChI=1S/C16H19N3/c17-16-13-8-4-10-15(13)19(18-16)14-9-3-6-11-5-1-2-7-12(11)14/h3,6,9H,1-2,4-5,7-8,10H2,(H2,17,18). The Bertz CT molecular complexity index is 640. The predicted octanol–water partition coefficient (Wildman–Crippen LogP) is 2.82. The van der Waals surface area contributed by atoms with Crippen molar-refractivity contribution in [2.24, 2.45) is 0 Å². The summed E-state index contributed by atoms with van der Waals surface area (Å²) >= 11 is 0. The summed E-state index contributed by atoms with van der Waals surface area (Å²) in [5, 5.41) is 4.61. The molecule has 2 aliphatic carbocycles. The molecule has 2 N–H and O–H groups in total. The second kappa shape index (κ2) is 4.12. The van der Waals surface area contributed by atoms with Crippen molar-refractivity contribution in [2.45, 2.75) is 44.9 Å². The molecule has 0 spiro atoms. The van der Waals surface area contributed by atoms with Crippen molar-refractivity contribution in [1.82, 2.24) is 9.78 Å². The van der Waals surface area contributed by atoms with Gasteiger partial charge in [-0.1, -0.05) is 12.1 Å². The summed E-state index contributed by atoms with van der Waals surface area (Å²) in [5.74, 6) is 0.737. The SMILES string of the molecule is Nc1nn(-c2cccc3c2CCCC3)c2c1CCC2. The average molecular weight is 253 g/mol. The molecule has 0 aliphatic heterocycles. The van der Waals surface area contributed by atoms with E-state index in [-0.39, 0.29) is 0 Å². The number of anilines is 1. The highest BCUT2D eigenvalue weighted by Gasteiger charge is 2.23. The van der Waals surface area contributed by atoms with E-state index < -0.39 is 0 Å². The molecule has 0 radical (unpaired) electrons. The van der Waals surface area contributed by atoms with Crippen molar-refractivity contribution in [3.05, 3.63) is 40.6 Å². The maximum atomic E-state index is 6.07. The molecular weight excluding hydrogens is 234 g/mol. The molecule has 4 rings (SSSR count). The van der Waals surface area contributed by atoms with Crippen molar-refractivity contribution >= 4 is 5.82 Å². The highest BCUT2D eigenvalue weighted by Crippen LogP contribution is 2.32. The Morgan fingerprint density at radius 3 is 2.74 bits per heavy atom. The van der Waals surface area contributed by atoms with Crippen LogP contribution in [0, 0.1) is 0 Å². The number of nitrogen functional groups attached to an aromatic ring is 1. The fourth-order valence-electron chi connectivity index (χ4n) is 3.62. The number of rotatable bonds is 1. The molecule has 3 heteroatoms. The zero-order valence-electron chi connectivity index (χ0n) is 11.2. The first-order chi connectivity index (χ1) is 9.34. The maximum Gasteiger partial charge on any atom is 0.149 e. The normalized spacial score (nSPS) is 17.3. The molecule has 1 aromatic carbocycles. The first-order valence-electron chi connectivity index (χ1n) is 7.32. The van der Waals surface area contributed by atoms with E-state index in [1.54, 1.807) is 0 Å². The lowest BCUT2D eigenvalue weighted by Gasteiger charge is -2.20. The fourth-order valence-corrected chi connectivity index (χ4v) is 3.62. The van der Waals surface area contributed by atoms with Crippen LogP contribution in [-0.2, 0) is 25.7 Å². The fraction of sp³-hybridized carbons (Fsp3) is 0.438. The van der Waals surface area contributed by atoms with Crippen LogP contribution in [0.3, 0.4) is 0 Å². The van der Waals surface area contributed by atoms with Gasteiger partial charge in [-0.05, 0) is 62.1 Å². The van der Waals surface area contributed by atoms with Gasteiger partial charge < -0.3 is 5.73 Å². The number of hydrogen-bond acceptors (Lipinski definition) is 2. The van der Waals surface area contributed by atoms with Crippen molar-refractivity contribution in [2.75, 3.05) is 5.73 Å². The van der Waals surface area contributed by atoms with Gasteiger partial charge in [-0.3, -0.25) is 0 Å². The second-order valence-corrected chi connectivity index (χ2v) is 5.70. The Hall–Kier alpha value is -1.77. The summed E-state index contributed by atoms with van der Waals surface area (Å²) in [7, 11) is 0. The average Bonchev–Trinajstić information content (AvgIpc) is 3.03. The van der Waals surface area contributed by atoms with E-state index in [9.17, 15) is 0 Å². The van der Waals surface area contributed by atoms with Gasteiger partial charge in [0.15, 0.2) is 0 Å². The van der Waals surface area contributed by atoms with E-state index in [0.29, 0.717) is 0 Å². The number of aromatic nitrogens is 2. The predicted molar refractivity (Wildman–Crippen MR) is 76.6 cm³/mol. The van der Waals surface area contributed by atoms with Gasteiger partial charge in [-0.15, -0.1) is 0 Å². The zero-order valence-corrected chi connectivity index (χ0v) is 11.2. The van der Waals surface area contributed by atoms with Gasteiger partial charge in [0.1, 0.15) is 5.82 Å². The molecule has 1 heterocycles. The van der Waals surface area contributed by atoms with Crippen LogP contribution in [0.15, 0.2) is 18.2 Å². The third-order valence-electron chi connectivity index (χ3n) is 4.56. The molecule has 98 valence electrons. The summed E-state index contributed by atoms with van der Waals surface area (Å²) in [4.78, 5) is 0. The second-order valence-electron chi connectivity index (χ2n) is 5.70. The molecule has 0 atom stereocenters. The van der Waals surface area contributed by atoms with Crippen LogP contribution >= 0.6 is 0 Å². The Labute approximate surface area is 113 Å². The van der Waals surface area contributed by atoms with Crippen LogP contribution in [0.25, 0.3) is 5.69 Å². The molecule has 0 fully saturated rings. The Balaban J connectivity index is 1.92. The van der Waals surface area contributed by atoms with Crippen LogP contribution in [-0.4, -0.2) is 9.78 Å². The summed E-state index contributed by atoms with van der Waals surface area (Å²) in [6, 6.07) is 6.64. The lowest BCUT2D eigenvalue weighted by atomic mass is 9.90.